The zero-order chi connectivity index (χ0) is 60.6. The van der Waals surface area contributed by atoms with Gasteiger partial charge < -0.3 is 34.3 Å². The molecule has 4 aromatic carbocycles. The number of fused-ring (bicyclic) bond motifs is 4. The van der Waals surface area contributed by atoms with E-state index in [1.54, 1.807) is 38.5 Å². The van der Waals surface area contributed by atoms with Crippen molar-refractivity contribution in [1.29, 1.82) is 0 Å². The van der Waals surface area contributed by atoms with Crippen molar-refractivity contribution >= 4 is 54.6 Å². The summed E-state index contributed by atoms with van der Waals surface area (Å²) in [4.78, 5) is 59.0. The van der Waals surface area contributed by atoms with Gasteiger partial charge in [0.05, 0.1) is 76.2 Å². The molecule has 19 heteroatoms. The van der Waals surface area contributed by atoms with Crippen LogP contribution in [0, 0.1) is 5.41 Å². The smallest absolute Gasteiger partial charge is 0.233 e. The maximum absolute atomic E-state index is 14.8. The van der Waals surface area contributed by atoms with Gasteiger partial charge in [-0.05, 0) is 130 Å². The molecule has 2 aliphatic rings. The highest BCUT2D eigenvalue weighted by Crippen LogP contribution is 2.44. The summed E-state index contributed by atoms with van der Waals surface area (Å²) in [7, 11) is -5.02. The Bertz CT molecular complexity index is 2980. The van der Waals surface area contributed by atoms with E-state index in [1.165, 1.54) is 48.5 Å². The van der Waals surface area contributed by atoms with Crippen molar-refractivity contribution in [2.24, 2.45) is 5.41 Å². The molecule has 0 aromatic heterocycles. The highest BCUT2D eigenvalue weighted by molar-refractivity contribution is 7.93. The third-order valence-corrected chi connectivity index (χ3v) is 17.5. The van der Waals surface area contributed by atoms with Crippen LogP contribution in [0.4, 0.5) is 11.4 Å². The Morgan fingerprint density at radius 2 is 0.829 bits per heavy atom. The quantitative estimate of drug-likeness (QED) is 0.0281. The Kier molecular flexibility index (Phi) is 21.9. The monoisotopic (exact) mass is 1170 g/mol. The second kappa shape index (κ2) is 27.2. The number of carbonyl (C=O) groups excluding carboxylic acids is 4. The highest BCUT2D eigenvalue weighted by atomic mass is 32.2. The van der Waals surface area contributed by atoms with Gasteiger partial charge in [0.15, 0.2) is 23.1 Å². The van der Waals surface area contributed by atoms with Crippen LogP contribution in [0.3, 0.4) is 0 Å². The number of nitrogens with one attached hydrogen (secondary N) is 4. The van der Waals surface area contributed by atoms with Crippen molar-refractivity contribution in [1.82, 2.24) is 10.6 Å². The first kappa shape index (κ1) is 65.9. The minimum absolute atomic E-state index is 0.0151. The largest absolute Gasteiger partial charge is 0.385 e. The zero-order valence-corrected chi connectivity index (χ0v) is 52.2. The van der Waals surface area contributed by atoms with Gasteiger partial charge >= 0.3 is 0 Å². The van der Waals surface area contributed by atoms with Crippen LogP contribution in [0.1, 0.15) is 185 Å². The van der Waals surface area contributed by atoms with E-state index in [0.29, 0.717) is 39.1 Å². The van der Waals surface area contributed by atoms with Crippen LogP contribution < -0.4 is 20.1 Å². The minimum Gasteiger partial charge on any atom is -0.385 e. The number of anilines is 2. The lowest BCUT2D eigenvalue weighted by Crippen LogP contribution is -2.41. The maximum Gasteiger partial charge on any atom is 0.233 e. The Morgan fingerprint density at radius 3 is 1.22 bits per heavy atom. The molecule has 4 N–H and O–H groups in total. The summed E-state index contributed by atoms with van der Waals surface area (Å²) < 4.78 is 90.4. The number of sulfonamides is 2. The molecule has 0 fully saturated rings. The van der Waals surface area contributed by atoms with Crippen LogP contribution in [0.5, 0.6) is 0 Å². The molecule has 82 heavy (non-hydrogen) atoms. The predicted molar refractivity (Wildman–Crippen MR) is 323 cm³/mol. The first-order valence-corrected chi connectivity index (χ1v) is 31.8. The van der Waals surface area contributed by atoms with E-state index in [-0.39, 0.29) is 116 Å². The molecule has 4 unspecified atom stereocenters. The van der Waals surface area contributed by atoms with Gasteiger partial charge in [0.2, 0.25) is 20.0 Å². The van der Waals surface area contributed by atoms with E-state index in [2.05, 4.69) is 40.8 Å². The number of rotatable bonds is 33. The summed E-state index contributed by atoms with van der Waals surface area (Å²) in [5.41, 5.74) is -2.19. The Hall–Kier alpha value is -5.22. The lowest BCUT2D eigenvalue weighted by molar-refractivity contribution is -0.116. The molecule has 17 nitrogen and oxygen atoms in total. The summed E-state index contributed by atoms with van der Waals surface area (Å²) in [6, 6.07) is 17.7. The fraction of sp³-hybridized carbons (Fsp3) is 0.556. The van der Waals surface area contributed by atoms with Crippen LogP contribution in [0.15, 0.2) is 72.8 Å². The zero-order valence-electron chi connectivity index (χ0n) is 50.6. The molecule has 0 spiro atoms. The van der Waals surface area contributed by atoms with Gasteiger partial charge in [0, 0.05) is 85.8 Å². The maximum atomic E-state index is 14.8. The van der Waals surface area contributed by atoms with E-state index in [1.807, 2.05) is 62.3 Å². The molecular formula is C63H88N4O13S2. The van der Waals surface area contributed by atoms with Crippen LogP contribution in [0.2, 0.25) is 0 Å². The van der Waals surface area contributed by atoms with Crippen molar-refractivity contribution in [3.05, 3.63) is 117 Å². The summed E-state index contributed by atoms with van der Waals surface area (Å²) in [6.45, 7) is 26.2. The molecule has 2 aliphatic carbocycles. The number of hydrogen-bond donors (Lipinski definition) is 4. The van der Waals surface area contributed by atoms with Gasteiger partial charge in [-0.15, -0.1) is 0 Å². The summed E-state index contributed by atoms with van der Waals surface area (Å²) >= 11 is 0. The van der Waals surface area contributed by atoms with E-state index in [4.69, 9.17) is 23.7 Å². The molecule has 0 saturated heterocycles. The third kappa shape index (κ3) is 17.4. The van der Waals surface area contributed by atoms with Crippen LogP contribution in [-0.4, -0.2) is 140 Å². The van der Waals surface area contributed by atoms with Gasteiger partial charge in [0.1, 0.15) is 0 Å². The topological polar surface area (TPSA) is 231 Å². The lowest BCUT2D eigenvalue weighted by atomic mass is 9.76. The van der Waals surface area contributed by atoms with Gasteiger partial charge in [0.25, 0.3) is 0 Å². The molecular weight excluding hydrogens is 1080 g/mol. The Balaban J connectivity index is 1.23. The first-order valence-electron chi connectivity index (χ1n) is 28.5. The molecule has 0 radical (unpaired) electrons. The van der Waals surface area contributed by atoms with Gasteiger partial charge in [-0.1, -0.05) is 74.5 Å². The minimum atomic E-state index is -4.18. The molecule has 4 aromatic rings. The summed E-state index contributed by atoms with van der Waals surface area (Å²) in [5, 5.41) is 6.59. The average molecular weight is 1170 g/mol. The standard InChI is InChI=1S/C63H88N4O13S2/c1-40(36-62(9,10)79-42(3)38-60(5,6)28-19-31-76-13)64-29-34-81(72,73)66-50-26-24-44(52-54(50)58(70)48-22-17-15-20-46(48)56(52)68)45-25-27-51(55-53(45)57(69)47-21-16-18-23-49(47)59(55)71)67-82(74,75)35-30-65-41(2)37-63(11,12)80-43(4)39-61(7,8)78-33-32-77-14/h15-18,20-27,40-43,64-67H,19,28-39H2,1-14H3. The van der Waals surface area contributed by atoms with Gasteiger partial charge in [-0.25, -0.2) is 16.8 Å². The fourth-order valence-corrected chi connectivity index (χ4v) is 14.0. The predicted octanol–water partition coefficient (Wildman–Crippen LogP) is 10.2. The van der Waals surface area contributed by atoms with Crippen molar-refractivity contribution in [3.8, 4) is 11.1 Å². The van der Waals surface area contributed by atoms with Crippen molar-refractivity contribution in [2.45, 2.75) is 163 Å². The van der Waals surface area contributed by atoms with Crippen LogP contribution in [-0.2, 0) is 43.7 Å². The molecule has 4 atom stereocenters. The summed E-state index contributed by atoms with van der Waals surface area (Å²) in [5.74, 6) is -3.27. The number of carbonyl (C=O) groups is 4. The second-order valence-corrected chi connectivity index (χ2v) is 28.5. The van der Waals surface area contributed by atoms with E-state index in [9.17, 15) is 36.0 Å². The first-order chi connectivity index (χ1) is 38.3. The molecule has 450 valence electrons. The number of benzene rings is 4. The Morgan fingerprint density at radius 1 is 0.451 bits per heavy atom. The summed E-state index contributed by atoms with van der Waals surface area (Å²) in [6.07, 6.45) is 4.48. The van der Waals surface area contributed by atoms with Crippen LogP contribution in [0.25, 0.3) is 11.1 Å². The fourth-order valence-electron chi connectivity index (χ4n) is 12.0. The van der Waals surface area contributed by atoms with Crippen molar-refractivity contribution in [2.75, 3.05) is 68.1 Å². The van der Waals surface area contributed by atoms with Crippen LogP contribution >= 0.6 is 0 Å². The van der Waals surface area contributed by atoms with E-state index >= 15 is 0 Å². The normalized spacial score (nSPS) is 15.5. The Labute approximate surface area is 487 Å². The molecule has 0 heterocycles. The second-order valence-electron chi connectivity index (χ2n) is 24.8. The lowest BCUT2D eigenvalue weighted by Gasteiger charge is -2.35. The molecule has 0 bridgehead atoms. The molecule has 0 amide bonds. The SMILES string of the molecule is COCCCC(C)(C)CC(C)OC(C)(C)CC(C)NCCS(=O)(=O)Nc1ccc(-c2ccc(NS(=O)(=O)CCNC(C)CC(C)(C)OC(C)CC(C)(C)OCCOC)c3c2C(=O)c2ccccc2C3=O)c2c1C(=O)c1ccccc1C2=O. The van der Waals surface area contributed by atoms with Crippen molar-refractivity contribution < 1.29 is 59.7 Å². The number of ketones is 4. The number of hydrogen-bond acceptors (Lipinski definition) is 15. The highest BCUT2D eigenvalue weighted by Gasteiger charge is 2.40. The third-order valence-electron chi connectivity index (χ3n) is 14.9. The van der Waals surface area contributed by atoms with Gasteiger partial charge in [-0.3, -0.25) is 28.6 Å². The average Bonchev–Trinajstić information content (AvgIpc) is 2.35. The van der Waals surface area contributed by atoms with Crippen molar-refractivity contribution in [3.63, 3.8) is 0 Å². The molecule has 0 saturated carbocycles. The molecule has 6 rings (SSSR count). The van der Waals surface area contributed by atoms with E-state index < -0.39 is 65.7 Å². The van der Waals surface area contributed by atoms with Gasteiger partial charge in [-0.2, -0.15) is 0 Å². The molecule has 0 aliphatic heterocycles. The number of methoxy groups -OCH3 is 2. The number of ether oxygens (including phenoxy) is 5. The van der Waals surface area contributed by atoms with E-state index in [0.717, 1.165) is 19.3 Å².